The third-order valence-electron chi connectivity index (χ3n) is 3.55. The van der Waals surface area contributed by atoms with Crippen LogP contribution in [0.3, 0.4) is 0 Å². The van der Waals surface area contributed by atoms with Crippen LogP contribution in [0.15, 0.2) is 24.3 Å². The fraction of sp³-hybridized carbons (Fsp3) is 0.571. The highest BCUT2D eigenvalue weighted by atomic mass is 19.3. The summed E-state index contributed by atoms with van der Waals surface area (Å²) in [6.07, 6.45) is -0.278. The predicted octanol–water partition coefficient (Wildman–Crippen LogP) is 4.01. The largest absolute Gasteiger partial charge is 0.293 e. The van der Waals surface area contributed by atoms with E-state index < -0.39 is 5.92 Å². The predicted molar refractivity (Wildman–Crippen MR) is 65.2 cm³/mol. The highest BCUT2D eigenvalue weighted by Gasteiger charge is 2.41. The second-order valence-corrected chi connectivity index (χ2v) is 5.21. The van der Waals surface area contributed by atoms with Crippen molar-refractivity contribution in [3.05, 3.63) is 35.6 Å². The van der Waals surface area contributed by atoms with Crippen LogP contribution in [-0.2, 0) is 0 Å². The van der Waals surface area contributed by atoms with Crippen molar-refractivity contribution in [2.45, 2.75) is 44.7 Å². The maximum Gasteiger partial charge on any atom is 0.251 e. The second kappa shape index (κ2) is 4.92. The number of likely N-dealkylation sites (tertiary alicyclic amines) is 1. The molecule has 1 aliphatic heterocycles. The summed E-state index contributed by atoms with van der Waals surface area (Å²) in [6, 6.07) is 5.76. The zero-order chi connectivity index (χ0) is 13.3. The molecule has 1 atom stereocenters. The highest BCUT2D eigenvalue weighted by molar-refractivity contribution is 5.21. The van der Waals surface area contributed by atoms with E-state index in [4.69, 9.17) is 0 Å². The Morgan fingerprint density at radius 2 is 1.83 bits per heavy atom. The number of alkyl halides is 2. The van der Waals surface area contributed by atoms with Crippen molar-refractivity contribution >= 4 is 0 Å². The quantitative estimate of drug-likeness (QED) is 0.774. The summed E-state index contributed by atoms with van der Waals surface area (Å²) >= 11 is 0. The molecule has 1 aromatic carbocycles. The number of rotatable bonds is 2. The van der Waals surface area contributed by atoms with Crippen LogP contribution in [0.2, 0.25) is 0 Å². The van der Waals surface area contributed by atoms with Gasteiger partial charge >= 0.3 is 0 Å². The van der Waals surface area contributed by atoms with Gasteiger partial charge in [-0.1, -0.05) is 12.1 Å². The fourth-order valence-corrected chi connectivity index (χ4v) is 2.56. The third-order valence-corrected chi connectivity index (χ3v) is 3.55. The average molecular weight is 257 g/mol. The van der Waals surface area contributed by atoms with E-state index in [1.807, 2.05) is 13.8 Å². The molecule has 0 amide bonds. The smallest absolute Gasteiger partial charge is 0.251 e. The molecule has 100 valence electrons. The van der Waals surface area contributed by atoms with Gasteiger partial charge in [0, 0.05) is 31.5 Å². The van der Waals surface area contributed by atoms with Gasteiger partial charge in [0.05, 0.1) is 0 Å². The van der Waals surface area contributed by atoms with Crippen LogP contribution in [0.5, 0.6) is 0 Å². The Morgan fingerprint density at radius 1 is 1.22 bits per heavy atom. The van der Waals surface area contributed by atoms with E-state index in [-0.39, 0.29) is 30.7 Å². The second-order valence-electron chi connectivity index (χ2n) is 5.21. The van der Waals surface area contributed by atoms with E-state index >= 15 is 0 Å². The summed E-state index contributed by atoms with van der Waals surface area (Å²) in [7, 11) is 0. The van der Waals surface area contributed by atoms with Gasteiger partial charge in [-0.3, -0.25) is 4.90 Å². The van der Waals surface area contributed by atoms with Gasteiger partial charge in [0.15, 0.2) is 0 Å². The van der Waals surface area contributed by atoms with Gasteiger partial charge in [-0.25, -0.2) is 13.2 Å². The topological polar surface area (TPSA) is 3.24 Å². The summed E-state index contributed by atoms with van der Waals surface area (Å²) in [5.41, 5.74) is 0.768. The molecule has 0 aliphatic carbocycles. The van der Waals surface area contributed by atoms with Crippen LogP contribution in [0, 0.1) is 5.82 Å². The SMILES string of the molecule is CC(C)N1CCC(F)(F)C[C@@H]1c1ccc(F)cc1. The van der Waals surface area contributed by atoms with Gasteiger partial charge in [-0.05, 0) is 31.5 Å². The molecule has 1 saturated heterocycles. The van der Waals surface area contributed by atoms with Gasteiger partial charge in [0.25, 0.3) is 5.92 Å². The van der Waals surface area contributed by atoms with E-state index in [9.17, 15) is 13.2 Å². The van der Waals surface area contributed by atoms with E-state index in [1.165, 1.54) is 12.1 Å². The summed E-state index contributed by atoms with van der Waals surface area (Å²) in [5, 5.41) is 0. The Morgan fingerprint density at radius 3 is 2.39 bits per heavy atom. The fourth-order valence-electron chi connectivity index (χ4n) is 2.56. The van der Waals surface area contributed by atoms with Crippen molar-refractivity contribution in [1.82, 2.24) is 4.90 Å². The molecule has 1 heterocycles. The highest BCUT2D eigenvalue weighted by Crippen LogP contribution is 2.40. The van der Waals surface area contributed by atoms with Crippen molar-refractivity contribution < 1.29 is 13.2 Å². The molecule has 1 fully saturated rings. The molecule has 18 heavy (non-hydrogen) atoms. The Kier molecular flexibility index (Phi) is 3.66. The molecular weight excluding hydrogens is 239 g/mol. The standard InChI is InChI=1S/C14H18F3N/c1-10(2)18-8-7-14(16,17)9-13(18)11-3-5-12(15)6-4-11/h3-6,10,13H,7-9H2,1-2H3/t13-/m1/s1. The summed E-state index contributed by atoms with van der Waals surface area (Å²) in [4.78, 5) is 2.06. The minimum Gasteiger partial charge on any atom is -0.293 e. The molecule has 0 N–H and O–H groups in total. The molecule has 1 aromatic rings. The molecular formula is C14H18F3N. The maximum atomic E-state index is 13.6. The first-order valence-electron chi connectivity index (χ1n) is 6.28. The number of piperidine rings is 1. The minimum atomic E-state index is -2.62. The van der Waals surface area contributed by atoms with Gasteiger partial charge in [-0.15, -0.1) is 0 Å². The lowest BCUT2D eigenvalue weighted by atomic mass is 9.91. The van der Waals surface area contributed by atoms with Crippen molar-refractivity contribution in [3.63, 3.8) is 0 Å². The van der Waals surface area contributed by atoms with Crippen LogP contribution in [0.1, 0.15) is 38.3 Å². The van der Waals surface area contributed by atoms with Crippen molar-refractivity contribution in [2.24, 2.45) is 0 Å². The number of benzene rings is 1. The molecule has 0 radical (unpaired) electrons. The Hall–Kier alpha value is -1.03. The van der Waals surface area contributed by atoms with Crippen LogP contribution in [-0.4, -0.2) is 23.4 Å². The Bertz CT molecular complexity index is 400. The zero-order valence-electron chi connectivity index (χ0n) is 10.7. The van der Waals surface area contributed by atoms with E-state index in [0.717, 1.165) is 5.56 Å². The number of hydrogen-bond acceptors (Lipinski definition) is 1. The van der Waals surface area contributed by atoms with Crippen LogP contribution >= 0.6 is 0 Å². The van der Waals surface area contributed by atoms with Crippen molar-refractivity contribution in [3.8, 4) is 0 Å². The molecule has 2 rings (SSSR count). The molecule has 4 heteroatoms. The van der Waals surface area contributed by atoms with Crippen LogP contribution in [0.4, 0.5) is 13.2 Å². The average Bonchev–Trinajstić information content (AvgIpc) is 2.28. The Labute approximate surface area is 106 Å². The molecule has 0 aromatic heterocycles. The van der Waals surface area contributed by atoms with E-state index in [2.05, 4.69) is 4.90 Å². The first-order valence-corrected chi connectivity index (χ1v) is 6.28. The summed E-state index contributed by atoms with van der Waals surface area (Å²) in [5.74, 6) is -2.96. The lowest BCUT2D eigenvalue weighted by molar-refractivity contribution is -0.0862. The zero-order valence-corrected chi connectivity index (χ0v) is 10.7. The first-order chi connectivity index (χ1) is 8.39. The van der Waals surface area contributed by atoms with E-state index in [1.54, 1.807) is 12.1 Å². The normalized spacial score (nSPS) is 24.4. The van der Waals surface area contributed by atoms with Gasteiger partial charge in [0.1, 0.15) is 5.82 Å². The maximum absolute atomic E-state index is 13.6. The monoisotopic (exact) mass is 257 g/mol. The van der Waals surface area contributed by atoms with Crippen molar-refractivity contribution in [2.75, 3.05) is 6.54 Å². The lowest BCUT2D eigenvalue weighted by Gasteiger charge is -2.42. The summed E-state index contributed by atoms with van der Waals surface area (Å²) < 4.78 is 40.0. The molecule has 1 nitrogen and oxygen atoms in total. The van der Waals surface area contributed by atoms with Gasteiger partial charge in [0.2, 0.25) is 0 Å². The van der Waals surface area contributed by atoms with E-state index in [0.29, 0.717) is 6.54 Å². The minimum absolute atomic E-state index is 0.0944. The van der Waals surface area contributed by atoms with Crippen LogP contribution in [0.25, 0.3) is 0 Å². The Balaban J connectivity index is 2.27. The van der Waals surface area contributed by atoms with Gasteiger partial charge in [-0.2, -0.15) is 0 Å². The summed E-state index contributed by atoms with van der Waals surface area (Å²) in [6.45, 7) is 4.38. The van der Waals surface area contributed by atoms with Gasteiger partial charge < -0.3 is 0 Å². The number of hydrogen-bond donors (Lipinski definition) is 0. The van der Waals surface area contributed by atoms with Crippen LogP contribution < -0.4 is 0 Å². The number of halogens is 3. The first kappa shape index (κ1) is 13.4. The third kappa shape index (κ3) is 2.86. The molecule has 1 aliphatic rings. The molecule has 0 unspecified atom stereocenters. The molecule has 0 bridgehead atoms. The number of nitrogens with zero attached hydrogens (tertiary/aromatic N) is 1. The van der Waals surface area contributed by atoms with Crippen molar-refractivity contribution in [1.29, 1.82) is 0 Å². The molecule has 0 saturated carbocycles. The molecule has 0 spiro atoms. The lowest BCUT2D eigenvalue weighted by Crippen LogP contribution is -2.45.